The van der Waals surface area contributed by atoms with Gasteiger partial charge in [-0.25, -0.2) is 0 Å². The number of hydrogen-bond acceptors (Lipinski definition) is 8. The molecule has 0 amide bonds. The maximum atomic E-state index is 11.2. The molecule has 0 spiro atoms. The van der Waals surface area contributed by atoms with Gasteiger partial charge in [0.15, 0.2) is 0 Å². The van der Waals surface area contributed by atoms with Gasteiger partial charge in [-0.1, -0.05) is 0 Å². The van der Waals surface area contributed by atoms with E-state index in [1.165, 1.54) is 12.1 Å². The molecule has 0 saturated carbocycles. The van der Waals surface area contributed by atoms with Crippen LogP contribution in [0.4, 0.5) is 17.1 Å². The molecule has 0 unspecified atom stereocenters. The first-order valence-corrected chi connectivity index (χ1v) is 7.85. The Hall–Kier alpha value is -3.53. The lowest BCUT2D eigenvalue weighted by Gasteiger charge is -2.09. The summed E-state index contributed by atoms with van der Waals surface area (Å²) < 4.78 is 10.2. The minimum Gasteiger partial charge on any atom is -0.497 e. The van der Waals surface area contributed by atoms with E-state index in [9.17, 15) is 20.2 Å². The predicted octanol–water partition coefficient (Wildman–Crippen LogP) is 3.36. The summed E-state index contributed by atoms with van der Waals surface area (Å²) >= 11 is 0. The second-order valence-electron chi connectivity index (χ2n) is 5.36. The molecular weight excluding hydrogens is 356 g/mol. The van der Waals surface area contributed by atoms with E-state index < -0.39 is 15.5 Å². The van der Waals surface area contributed by atoms with E-state index in [-0.39, 0.29) is 11.4 Å². The number of nitro groups is 2. The van der Waals surface area contributed by atoms with Crippen LogP contribution in [-0.2, 0) is 4.74 Å². The highest BCUT2D eigenvalue weighted by molar-refractivity contribution is 6.01. The number of benzene rings is 2. The van der Waals surface area contributed by atoms with Crippen molar-refractivity contribution < 1.29 is 19.3 Å². The van der Waals surface area contributed by atoms with E-state index in [0.29, 0.717) is 24.5 Å². The SMILES string of the molecule is COCCC(=NNc1ccc([N+](=O)[O-])cc1[N+](=O)[O-])c1ccc(OC)cc1. The van der Waals surface area contributed by atoms with Gasteiger partial charge in [0.2, 0.25) is 0 Å². The van der Waals surface area contributed by atoms with Crippen LogP contribution in [0.25, 0.3) is 0 Å². The van der Waals surface area contributed by atoms with Crippen molar-refractivity contribution in [3.63, 3.8) is 0 Å². The summed E-state index contributed by atoms with van der Waals surface area (Å²) in [6.07, 6.45) is 0.455. The smallest absolute Gasteiger partial charge is 0.301 e. The van der Waals surface area contributed by atoms with Gasteiger partial charge in [0.25, 0.3) is 5.69 Å². The molecule has 2 aromatic rings. The molecule has 10 nitrogen and oxygen atoms in total. The van der Waals surface area contributed by atoms with E-state index >= 15 is 0 Å². The molecule has 0 aliphatic carbocycles. The number of nitrogens with one attached hydrogen (secondary N) is 1. The highest BCUT2D eigenvalue weighted by Gasteiger charge is 2.19. The number of hydrogen-bond donors (Lipinski definition) is 1. The van der Waals surface area contributed by atoms with E-state index in [1.807, 2.05) is 0 Å². The van der Waals surface area contributed by atoms with Gasteiger partial charge in [0.05, 0.1) is 35.3 Å². The van der Waals surface area contributed by atoms with Crippen molar-refractivity contribution in [2.75, 3.05) is 26.3 Å². The van der Waals surface area contributed by atoms with Crippen molar-refractivity contribution >= 4 is 22.8 Å². The lowest BCUT2D eigenvalue weighted by atomic mass is 10.1. The van der Waals surface area contributed by atoms with Crippen molar-refractivity contribution in [1.29, 1.82) is 0 Å². The largest absolute Gasteiger partial charge is 0.497 e. The molecule has 0 aliphatic heterocycles. The van der Waals surface area contributed by atoms with Crippen LogP contribution >= 0.6 is 0 Å². The first-order valence-electron chi connectivity index (χ1n) is 7.85. The van der Waals surface area contributed by atoms with Gasteiger partial charge in [-0.3, -0.25) is 25.7 Å². The zero-order valence-corrected chi connectivity index (χ0v) is 14.7. The van der Waals surface area contributed by atoms with E-state index in [2.05, 4.69) is 10.5 Å². The zero-order valence-electron chi connectivity index (χ0n) is 14.7. The summed E-state index contributed by atoms with van der Waals surface area (Å²) in [7, 11) is 3.12. The number of nitrogens with zero attached hydrogens (tertiary/aromatic N) is 3. The Balaban J connectivity index is 2.34. The molecule has 10 heteroatoms. The lowest BCUT2D eigenvalue weighted by molar-refractivity contribution is -0.393. The molecule has 0 heterocycles. The van der Waals surface area contributed by atoms with Crippen molar-refractivity contribution in [1.82, 2.24) is 0 Å². The van der Waals surface area contributed by atoms with Gasteiger partial charge >= 0.3 is 5.69 Å². The predicted molar refractivity (Wildman–Crippen MR) is 99.4 cm³/mol. The van der Waals surface area contributed by atoms with E-state index in [0.717, 1.165) is 11.6 Å². The van der Waals surface area contributed by atoms with Gasteiger partial charge in [-0.2, -0.15) is 5.10 Å². The number of methoxy groups -OCH3 is 2. The molecule has 1 N–H and O–H groups in total. The summed E-state index contributed by atoms with van der Waals surface area (Å²) in [5.74, 6) is 0.684. The van der Waals surface area contributed by atoms with Crippen LogP contribution in [0, 0.1) is 20.2 Å². The van der Waals surface area contributed by atoms with Crippen LogP contribution in [0.3, 0.4) is 0 Å². The van der Waals surface area contributed by atoms with Crippen LogP contribution < -0.4 is 10.2 Å². The minimum atomic E-state index is -0.701. The fourth-order valence-corrected chi connectivity index (χ4v) is 2.25. The van der Waals surface area contributed by atoms with Gasteiger partial charge < -0.3 is 9.47 Å². The summed E-state index contributed by atoms with van der Waals surface area (Å²) in [5, 5.41) is 26.3. The van der Waals surface area contributed by atoms with Crippen LogP contribution in [0.1, 0.15) is 12.0 Å². The van der Waals surface area contributed by atoms with Gasteiger partial charge in [-0.15, -0.1) is 0 Å². The summed E-state index contributed by atoms with van der Waals surface area (Å²) in [4.78, 5) is 20.6. The molecule has 0 radical (unpaired) electrons. The molecule has 2 rings (SSSR count). The molecular formula is C17H18N4O6. The lowest BCUT2D eigenvalue weighted by Crippen LogP contribution is -2.08. The monoisotopic (exact) mass is 374 g/mol. The summed E-state index contributed by atoms with van der Waals surface area (Å²) in [5.41, 5.74) is 3.26. The molecule has 0 atom stereocenters. The van der Waals surface area contributed by atoms with Gasteiger partial charge in [0, 0.05) is 19.6 Å². The fraction of sp³-hybridized carbons (Fsp3) is 0.235. The average Bonchev–Trinajstić information content (AvgIpc) is 2.68. The zero-order chi connectivity index (χ0) is 19.8. The third-order valence-corrected chi connectivity index (χ3v) is 3.67. The average molecular weight is 374 g/mol. The minimum absolute atomic E-state index is 0.0500. The van der Waals surface area contributed by atoms with Crippen LogP contribution in [0.5, 0.6) is 5.75 Å². The summed E-state index contributed by atoms with van der Waals surface area (Å²) in [6.45, 7) is 0.398. The molecule has 27 heavy (non-hydrogen) atoms. The maximum Gasteiger partial charge on any atom is 0.301 e. The van der Waals surface area contributed by atoms with E-state index in [1.54, 1.807) is 38.5 Å². The topological polar surface area (TPSA) is 129 Å². The Morgan fingerprint density at radius 1 is 1.07 bits per heavy atom. The van der Waals surface area contributed by atoms with Crippen molar-refractivity contribution in [2.24, 2.45) is 5.10 Å². The Morgan fingerprint density at radius 3 is 2.33 bits per heavy atom. The number of nitro benzene ring substituents is 2. The molecule has 0 saturated heterocycles. The van der Waals surface area contributed by atoms with Crippen molar-refractivity contribution in [3.8, 4) is 5.75 Å². The summed E-state index contributed by atoms with van der Waals surface area (Å²) in [6, 6.07) is 10.5. The van der Waals surface area contributed by atoms with Crippen molar-refractivity contribution in [3.05, 3.63) is 68.3 Å². The first kappa shape index (κ1) is 19.8. The second kappa shape index (κ2) is 9.25. The van der Waals surface area contributed by atoms with E-state index in [4.69, 9.17) is 9.47 Å². The molecule has 0 aliphatic rings. The first-order chi connectivity index (χ1) is 13.0. The molecule has 142 valence electrons. The van der Waals surface area contributed by atoms with Crippen molar-refractivity contribution in [2.45, 2.75) is 6.42 Å². The molecule has 0 bridgehead atoms. The number of rotatable bonds is 9. The Bertz CT molecular complexity index is 851. The number of non-ortho nitro benzene ring substituents is 1. The Labute approximate surface area is 154 Å². The van der Waals surface area contributed by atoms with Gasteiger partial charge in [-0.05, 0) is 35.9 Å². The van der Waals surface area contributed by atoms with Gasteiger partial charge in [0.1, 0.15) is 11.4 Å². The number of anilines is 1. The standard InChI is InChI=1S/C17H18N4O6/c1-26-10-9-15(12-3-6-14(27-2)7-4-12)18-19-16-8-5-13(20(22)23)11-17(16)21(24)25/h3-8,11,19H,9-10H2,1-2H3. The highest BCUT2D eigenvalue weighted by atomic mass is 16.6. The second-order valence-corrected chi connectivity index (χ2v) is 5.36. The van der Waals surface area contributed by atoms with Crippen LogP contribution in [0.15, 0.2) is 47.6 Å². The fourth-order valence-electron chi connectivity index (χ4n) is 2.25. The Kier molecular flexibility index (Phi) is 6.78. The quantitative estimate of drug-likeness (QED) is 0.404. The molecule has 0 aromatic heterocycles. The Morgan fingerprint density at radius 2 is 1.78 bits per heavy atom. The van der Waals surface area contributed by atoms with Crippen LogP contribution in [0.2, 0.25) is 0 Å². The molecule has 0 fully saturated rings. The number of ether oxygens (including phenoxy) is 2. The highest BCUT2D eigenvalue weighted by Crippen LogP contribution is 2.29. The third kappa shape index (κ3) is 5.22. The van der Waals surface area contributed by atoms with Crippen LogP contribution in [-0.4, -0.2) is 36.4 Å². The third-order valence-electron chi connectivity index (χ3n) is 3.67. The molecule has 2 aromatic carbocycles. The maximum absolute atomic E-state index is 11.2. The number of hydrazone groups is 1. The normalized spacial score (nSPS) is 11.1.